The fourth-order valence-electron chi connectivity index (χ4n) is 3.20. The van der Waals surface area contributed by atoms with Gasteiger partial charge in [-0.2, -0.15) is 0 Å². The van der Waals surface area contributed by atoms with Crippen molar-refractivity contribution >= 4 is 11.9 Å². The van der Waals surface area contributed by atoms with Crippen LogP contribution in [0.2, 0.25) is 0 Å². The highest BCUT2D eigenvalue weighted by Gasteiger charge is 2.17. The molecule has 1 fully saturated rings. The summed E-state index contributed by atoms with van der Waals surface area (Å²) < 4.78 is 11.0. The van der Waals surface area contributed by atoms with Crippen molar-refractivity contribution in [1.29, 1.82) is 0 Å². The monoisotopic (exact) mass is 431 g/mol. The third-order valence-electron chi connectivity index (χ3n) is 4.74. The molecule has 9 nitrogen and oxygen atoms in total. The number of hydrogen-bond donors (Lipinski definition) is 2. The standard InChI is InChI=1S/C20H27N3O2.C2H2O4/c1-3-25-20-14-18(4-5-19(20)24-2)16-23-12-10-22(11-13-23)15-17-6-8-21-9-7-17;3-1(4)2(5)6/h4-9,14H,3,10-13,15-16H2,1-2H3;(H,3,4)(H,5,6). The van der Waals surface area contributed by atoms with Crippen molar-refractivity contribution in [3.05, 3.63) is 53.9 Å². The highest BCUT2D eigenvalue weighted by atomic mass is 16.5. The molecule has 0 atom stereocenters. The molecule has 9 heteroatoms. The van der Waals surface area contributed by atoms with Gasteiger partial charge in [0, 0.05) is 51.7 Å². The van der Waals surface area contributed by atoms with Crippen molar-refractivity contribution < 1.29 is 29.3 Å². The quantitative estimate of drug-likeness (QED) is 0.635. The van der Waals surface area contributed by atoms with Gasteiger partial charge in [-0.25, -0.2) is 9.59 Å². The Morgan fingerprint density at radius 2 is 1.45 bits per heavy atom. The molecule has 2 heterocycles. The van der Waals surface area contributed by atoms with E-state index in [1.54, 1.807) is 7.11 Å². The molecule has 3 rings (SSSR count). The molecule has 1 aromatic carbocycles. The van der Waals surface area contributed by atoms with Crippen molar-refractivity contribution in [1.82, 2.24) is 14.8 Å². The molecule has 2 N–H and O–H groups in total. The SMILES string of the molecule is CCOc1cc(CN2CCN(Cc3ccncc3)CC2)ccc1OC.O=C(O)C(=O)O. The van der Waals surface area contributed by atoms with Gasteiger partial charge in [-0.15, -0.1) is 0 Å². The second kappa shape index (κ2) is 12.5. The first-order valence-corrected chi connectivity index (χ1v) is 10.0. The molecule has 0 bridgehead atoms. The number of hydrogen-bond acceptors (Lipinski definition) is 7. The number of methoxy groups -OCH3 is 1. The lowest BCUT2D eigenvalue weighted by atomic mass is 10.1. The molecular formula is C22H29N3O6. The van der Waals surface area contributed by atoms with Gasteiger partial charge in [0.25, 0.3) is 0 Å². The summed E-state index contributed by atoms with van der Waals surface area (Å²) in [5, 5.41) is 14.8. The van der Waals surface area contributed by atoms with Crippen LogP contribution in [0.25, 0.3) is 0 Å². The van der Waals surface area contributed by atoms with Gasteiger partial charge in [-0.1, -0.05) is 6.07 Å². The van der Waals surface area contributed by atoms with Crippen LogP contribution in [0.5, 0.6) is 11.5 Å². The lowest BCUT2D eigenvalue weighted by molar-refractivity contribution is -0.159. The molecule has 0 radical (unpaired) electrons. The lowest BCUT2D eigenvalue weighted by Crippen LogP contribution is -2.45. The van der Waals surface area contributed by atoms with Gasteiger partial charge in [0.05, 0.1) is 13.7 Å². The Morgan fingerprint density at radius 1 is 0.903 bits per heavy atom. The number of ether oxygens (including phenoxy) is 2. The van der Waals surface area contributed by atoms with E-state index < -0.39 is 11.9 Å². The van der Waals surface area contributed by atoms with Crippen LogP contribution in [-0.4, -0.2) is 76.8 Å². The topological polar surface area (TPSA) is 112 Å². The van der Waals surface area contributed by atoms with E-state index >= 15 is 0 Å². The molecule has 0 amide bonds. The Bertz CT molecular complexity index is 826. The Hall–Kier alpha value is -3.17. The van der Waals surface area contributed by atoms with Gasteiger partial charge >= 0.3 is 11.9 Å². The van der Waals surface area contributed by atoms with Gasteiger partial charge in [0.2, 0.25) is 0 Å². The van der Waals surface area contributed by atoms with Crippen LogP contribution in [-0.2, 0) is 22.7 Å². The maximum Gasteiger partial charge on any atom is 0.414 e. The number of piperazine rings is 1. The maximum atomic E-state index is 9.10. The van der Waals surface area contributed by atoms with Crippen molar-refractivity contribution in [2.75, 3.05) is 39.9 Å². The fraction of sp³-hybridized carbons (Fsp3) is 0.409. The molecule has 2 aromatic rings. The van der Waals surface area contributed by atoms with Crippen molar-refractivity contribution in [2.45, 2.75) is 20.0 Å². The van der Waals surface area contributed by atoms with Gasteiger partial charge < -0.3 is 19.7 Å². The molecule has 0 aliphatic carbocycles. The normalized spacial score (nSPS) is 14.3. The van der Waals surface area contributed by atoms with Crippen molar-refractivity contribution in [2.24, 2.45) is 0 Å². The Morgan fingerprint density at radius 3 is 1.94 bits per heavy atom. The van der Waals surface area contributed by atoms with E-state index in [2.05, 4.69) is 39.0 Å². The van der Waals surface area contributed by atoms with Gasteiger partial charge in [0.15, 0.2) is 11.5 Å². The molecule has 168 valence electrons. The van der Waals surface area contributed by atoms with Crippen LogP contribution in [0.3, 0.4) is 0 Å². The summed E-state index contributed by atoms with van der Waals surface area (Å²) in [6, 6.07) is 10.4. The van der Waals surface area contributed by atoms with E-state index in [0.29, 0.717) is 6.61 Å². The van der Waals surface area contributed by atoms with Gasteiger partial charge in [-0.3, -0.25) is 14.8 Å². The molecule has 0 saturated carbocycles. The number of carboxylic acid groups (broad SMARTS) is 2. The van der Waals surface area contributed by atoms with Crippen LogP contribution >= 0.6 is 0 Å². The summed E-state index contributed by atoms with van der Waals surface area (Å²) in [5.74, 6) is -2.02. The zero-order chi connectivity index (χ0) is 22.6. The highest BCUT2D eigenvalue weighted by molar-refractivity contribution is 6.27. The lowest BCUT2D eigenvalue weighted by Gasteiger charge is -2.34. The van der Waals surface area contributed by atoms with E-state index in [0.717, 1.165) is 50.8 Å². The summed E-state index contributed by atoms with van der Waals surface area (Å²) in [5.41, 5.74) is 2.60. The number of aromatic nitrogens is 1. The Balaban J connectivity index is 0.000000501. The number of carboxylic acids is 2. The van der Waals surface area contributed by atoms with Crippen LogP contribution in [0.4, 0.5) is 0 Å². The Labute approximate surface area is 181 Å². The molecule has 0 unspecified atom stereocenters. The average Bonchev–Trinajstić information content (AvgIpc) is 2.77. The van der Waals surface area contributed by atoms with Crippen molar-refractivity contribution in [3.63, 3.8) is 0 Å². The van der Waals surface area contributed by atoms with Crippen LogP contribution in [0.15, 0.2) is 42.7 Å². The number of carbonyl (C=O) groups is 2. The minimum absolute atomic E-state index is 0.646. The molecule has 31 heavy (non-hydrogen) atoms. The minimum atomic E-state index is -1.82. The minimum Gasteiger partial charge on any atom is -0.493 e. The smallest absolute Gasteiger partial charge is 0.414 e. The van der Waals surface area contributed by atoms with E-state index in [9.17, 15) is 0 Å². The average molecular weight is 431 g/mol. The second-order valence-electron chi connectivity index (χ2n) is 6.94. The number of pyridine rings is 1. The fourth-order valence-corrected chi connectivity index (χ4v) is 3.20. The largest absolute Gasteiger partial charge is 0.493 e. The Kier molecular flexibility index (Phi) is 9.73. The first kappa shape index (κ1) is 24.1. The second-order valence-corrected chi connectivity index (χ2v) is 6.94. The van der Waals surface area contributed by atoms with E-state index in [1.807, 2.05) is 25.4 Å². The van der Waals surface area contributed by atoms with E-state index in [4.69, 9.17) is 29.3 Å². The third-order valence-corrected chi connectivity index (χ3v) is 4.74. The maximum absolute atomic E-state index is 9.10. The predicted octanol–water partition coefficient (Wildman–Crippen LogP) is 1.96. The molecule has 1 aliphatic rings. The number of benzene rings is 1. The molecule has 1 saturated heterocycles. The number of nitrogens with zero attached hydrogens (tertiary/aromatic N) is 3. The predicted molar refractivity (Wildman–Crippen MR) is 114 cm³/mol. The summed E-state index contributed by atoms with van der Waals surface area (Å²) >= 11 is 0. The summed E-state index contributed by atoms with van der Waals surface area (Å²) in [7, 11) is 1.68. The summed E-state index contributed by atoms with van der Waals surface area (Å²) in [6.07, 6.45) is 3.73. The zero-order valence-electron chi connectivity index (χ0n) is 17.9. The first-order chi connectivity index (χ1) is 14.9. The third kappa shape index (κ3) is 8.23. The van der Waals surface area contributed by atoms with E-state index in [1.165, 1.54) is 11.1 Å². The summed E-state index contributed by atoms with van der Waals surface area (Å²) in [6.45, 7) is 8.96. The van der Waals surface area contributed by atoms with Gasteiger partial charge in [-0.05, 0) is 42.3 Å². The zero-order valence-corrected chi connectivity index (χ0v) is 17.9. The van der Waals surface area contributed by atoms with E-state index in [-0.39, 0.29) is 0 Å². The summed E-state index contributed by atoms with van der Waals surface area (Å²) in [4.78, 5) is 27.3. The van der Waals surface area contributed by atoms with Crippen LogP contribution in [0, 0.1) is 0 Å². The highest BCUT2D eigenvalue weighted by Crippen LogP contribution is 2.28. The first-order valence-electron chi connectivity index (χ1n) is 10.0. The van der Waals surface area contributed by atoms with Crippen LogP contribution in [0.1, 0.15) is 18.1 Å². The van der Waals surface area contributed by atoms with Gasteiger partial charge in [0.1, 0.15) is 0 Å². The van der Waals surface area contributed by atoms with Crippen LogP contribution < -0.4 is 9.47 Å². The van der Waals surface area contributed by atoms with Crippen molar-refractivity contribution in [3.8, 4) is 11.5 Å². The number of aliphatic carboxylic acids is 2. The molecular weight excluding hydrogens is 402 g/mol. The molecule has 1 aromatic heterocycles. The molecule has 0 spiro atoms. The molecule has 1 aliphatic heterocycles. The number of rotatable bonds is 7.